The summed E-state index contributed by atoms with van der Waals surface area (Å²) in [6.45, 7) is 0. The molecule has 9 nitrogen and oxygen atoms in total. The first-order valence-corrected chi connectivity index (χ1v) is 8.53. The normalized spacial score (nSPS) is 16.5. The summed E-state index contributed by atoms with van der Waals surface area (Å²) in [4.78, 5) is 24.7. The van der Waals surface area contributed by atoms with Crippen molar-refractivity contribution >= 4 is 11.9 Å². The third-order valence-electron chi connectivity index (χ3n) is 4.76. The maximum atomic E-state index is 12.8. The molecule has 138 valence electrons. The molecule has 1 aromatic heterocycles. The largest absolute Gasteiger partial charge is 0.494 e. The van der Waals surface area contributed by atoms with Gasteiger partial charge in [0.25, 0.3) is 5.91 Å². The van der Waals surface area contributed by atoms with Crippen molar-refractivity contribution in [2.24, 2.45) is 0 Å². The zero-order chi connectivity index (χ0) is 18.6. The van der Waals surface area contributed by atoms with Gasteiger partial charge in [0.15, 0.2) is 0 Å². The van der Waals surface area contributed by atoms with Crippen LogP contribution in [0.2, 0.25) is 0 Å². The lowest BCUT2D eigenvalue weighted by Crippen LogP contribution is -2.54. The van der Waals surface area contributed by atoms with Crippen LogP contribution in [-0.4, -0.2) is 49.8 Å². The lowest BCUT2D eigenvalue weighted by molar-refractivity contribution is -0.145. The lowest BCUT2D eigenvalue weighted by atomic mass is 9.89. The smallest absolute Gasteiger partial charge is 0.329 e. The van der Waals surface area contributed by atoms with E-state index in [1.54, 1.807) is 18.2 Å². The van der Waals surface area contributed by atoms with E-state index >= 15 is 0 Å². The molecule has 3 rings (SSSR count). The maximum absolute atomic E-state index is 12.8. The highest BCUT2D eigenvalue weighted by Crippen LogP contribution is 2.29. The van der Waals surface area contributed by atoms with Crippen LogP contribution in [0.15, 0.2) is 24.5 Å². The number of hydrogen-bond donors (Lipinski definition) is 2. The lowest BCUT2D eigenvalue weighted by Gasteiger charge is -2.29. The molecule has 0 aliphatic heterocycles. The first kappa shape index (κ1) is 17.8. The molecule has 0 bridgehead atoms. The van der Waals surface area contributed by atoms with E-state index in [0.717, 1.165) is 25.7 Å². The Morgan fingerprint density at radius 3 is 2.54 bits per heavy atom. The Bertz CT molecular complexity index is 782. The maximum Gasteiger partial charge on any atom is 0.329 e. The van der Waals surface area contributed by atoms with Crippen molar-refractivity contribution in [3.8, 4) is 11.4 Å². The van der Waals surface area contributed by atoms with Gasteiger partial charge in [0.2, 0.25) is 0 Å². The fraction of sp³-hybridized carbons (Fsp3) is 0.471. The van der Waals surface area contributed by atoms with Gasteiger partial charge in [-0.3, -0.25) is 4.79 Å². The molecule has 26 heavy (non-hydrogen) atoms. The summed E-state index contributed by atoms with van der Waals surface area (Å²) >= 11 is 0. The molecule has 9 heteroatoms. The van der Waals surface area contributed by atoms with Crippen molar-refractivity contribution in [3.63, 3.8) is 0 Å². The Balaban J connectivity index is 1.89. The molecule has 1 aliphatic carbocycles. The van der Waals surface area contributed by atoms with Gasteiger partial charge in [-0.1, -0.05) is 25.7 Å². The second-order valence-corrected chi connectivity index (χ2v) is 6.40. The van der Waals surface area contributed by atoms with E-state index in [4.69, 9.17) is 4.74 Å². The van der Waals surface area contributed by atoms with Crippen LogP contribution in [0.5, 0.6) is 5.75 Å². The van der Waals surface area contributed by atoms with Crippen molar-refractivity contribution < 1.29 is 19.4 Å². The van der Waals surface area contributed by atoms with Crippen LogP contribution in [0, 0.1) is 0 Å². The predicted molar refractivity (Wildman–Crippen MR) is 91.2 cm³/mol. The molecule has 0 radical (unpaired) electrons. The fourth-order valence-corrected chi connectivity index (χ4v) is 3.30. The standard InChI is InChI=1S/C17H21N5O4/c1-26-14-7-6-12(10-13(14)22-11-18-20-21-22)15(23)19-17(16(24)25)8-4-2-3-5-9-17/h6-7,10-11H,2-5,8-9H2,1H3,(H,19,23)(H,24,25). The van der Waals surface area contributed by atoms with E-state index in [9.17, 15) is 14.7 Å². The van der Waals surface area contributed by atoms with Gasteiger partial charge in [-0.05, 0) is 41.5 Å². The van der Waals surface area contributed by atoms with Gasteiger partial charge in [-0.15, -0.1) is 5.10 Å². The number of carboxylic acids is 1. The van der Waals surface area contributed by atoms with E-state index in [1.807, 2.05) is 0 Å². The average Bonchev–Trinajstić information content (AvgIpc) is 3.07. The van der Waals surface area contributed by atoms with Gasteiger partial charge < -0.3 is 15.2 Å². The Kier molecular flexibility index (Phi) is 5.15. The van der Waals surface area contributed by atoms with E-state index in [0.29, 0.717) is 29.8 Å². The molecule has 0 atom stereocenters. The number of aliphatic carboxylic acids is 1. The summed E-state index contributed by atoms with van der Waals surface area (Å²) in [6, 6.07) is 4.80. The molecule has 0 unspecified atom stereocenters. The highest BCUT2D eigenvalue weighted by atomic mass is 16.5. The zero-order valence-corrected chi connectivity index (χ0v) is 14.5. The van der Waals surface area contributed by atoms with Crippen LogP contribution < -0.4 is 10.1 Å². The number of methoxy groups -OCH3 is 1. The van der Waals surface area contributed by atoms with Gasteiger partial charge in [0.05, 0.1) is 7.11 Å². The van der Waals surface area contributed by atoms with Crippen LogP contribution in [0.1, 0.15) is 48.9 Å². The quantitative estimate of drug-likeness (QED) is 0.778. The minimum atomic E-state index is -1.22. The Hall–Kier alpha value is -2.97. The number of aromatic nitrogens is 4. The first-order chi connectivity index (χ1) is 12.6. The molecule has 2 N–H and O–H groups in total. The van der Waals surface area contributed by atoms with Gasteiger partial charge in [-0.2, -0.15) is 4.68 Å². The van der Waals surface area contributed by atoms with E-state index in [2.05, 4.69) is 20.8 Å². The van der Waals surface area contributed by atoms with Crippen molar-refractivity contribution in [2.75, 3.05) is 7.11 Å². The second-order valence-electron chi connectivity index (χ2n) is 6.40. The number of tetrazole rings is 1. The second kappa shape index (κ2) is 7.51. The summed E-state index contributed by atoms with van der Waals surface area (Å²) in [5.74, 6) is -0.926. The number of rotatable bonds is 5. The molecule has 0 spiro atoms. The number of carbonyl (C=O) groups is 2. The molecule has 1 aromatic carbocycles. The van der Waals surface area contributed by atoms with Crippen molar-refractivity contribution in [1.29, 1.82) is 0 Å². The summed E-state index contributed by atoms with van der Waals surface area (Å²) in [5, 5.41) is 23.5. The van der Waals surface area contributed by atoms with Crippen LogP contribution >= 0.6 is 0 Å². The third kappa shape index (κ3) is 3.51. The Morgan fingerprint density at radius 2 is 1.96 bits per heavy atom. The predicted octanol–water partition coefficient (Wildman–Crippen LogP) is 1.58. The molecule has 1 aliphatic rings. The number of carbonyl (C=O) groups excluding carboxylic acids is 1. The molecule has 1 heterocycles. The minimum absolute atomic E-state index is 0.321. The molecule has 1 fully saturated rings. The molecule has 1 saturated carbocycles. The summed E-state index contributed by atoms with van der Waals surface area (Å²) in [7, 11) is 1.51. The van der Waals surface area contributed by atoms with E-state index in [-0.39, 0.29) is 0 Å². The number of carboxylic acid groups (broad SMARTS) is 1. The minimum Gasteiger partial charge on any atom is -0.494 e. The first-order valence-electron chi connectivity index (χ1n) is 8.53. The van der Waals surface area contributed by atoms with Crippen LogP contribution in [0.4, 0.5) is 0 Å². The average molecular weight is 359 g/mol. The van der Waals surface area contributed by atoms with E-state index in [1.165, 1.54) is 18.1 Å². The zero-order valence-electron chi connectivity index (χ0n) is 14.5. The number of ether oxygens (including phenoxy) is 1. The van der Waals surface area contributed by atoms with Gasteiger partial charge >= 0.3 is 5.97 Å². The third-order valence-corrected chi connectivity index (χ3v) is 4.76. The monoisotopic (exact) mass is 359 g/mol. The number of nitrogens with one attached hydrogen (secondary N) is 1. The SMILES string of the molecule is COc1ccc(C(=O)NC2(C(=O)O)CCCCCC2)cc1-n1cnnn1. The number of benzene rings is 1. The highest BCUT2D eigenvalue weighted by molar-refractivity contribution is 5.98. The Morgan fingerprint density at radius 1 is 1.23 bits per heavy atom. The molecular weight excluding hydrogens is 338 g/mol. The molecule has 2 aromatic rings. The number of amides is 1. The fourth-order valence-electron chi connectivity index (χ4n) is 3.30. The number of nitrogens with zero attached hydrogens (tertiary/aromatic N) is 4. The summed E-state index contributed by atoms with van der Waals surface area (Å²) in [6.07, 6.45) is 5.79. The van der Waals surface area contributed by atoms with Crippen molar-refractivity contribution in [2.45, 2.75) is 44.1 Å². The van der Waals surface area contributed by atoms with Gasteiger partial charge in [-0.25, -0.2) is 4.79 Å². The van der Waals surface area contributed by atoms with Crippen LogP contribution in [0.25, 0.3) is 5.69 Å². The molecule has 1 amide bonds. The van der Waals surface area contributed by atoms with Gasteiger partial charge in [0.1, 0.15) is 23.3 Å². The van der Waals surface area contributed by atoms with E-state index < -0.39 is 17.4 Å². The number of hydrogen-bond acceptors (Lipinski definition) is 6. The summed E-state index contributed by atoms with van der Waals surface area (Å²) in [5.41, 5.74) is -0.403. The van der Waals surface area contributed by atoms with Crippen molar-refractivity contribution in [1.82, 2.24) is 25.5 Å². The van der Waals surface area contributed by atoms with Crippen LogP contribution in [-0.2, 0) is 4.79 Å². The molecular formula is C17H21N5O4. The Labute approximate surface area is 150 Å². The topological polar surface area (TPSA) is 119 Å². The van der Waals surface area contributed by atoms with Crippen LogP contribution in [0.3, 0.4) is 0 Å². The molecule has 0 saturated heterocycles. The summed E-state index contributed by atoms with van der Waals surface area (Å²) < 4.78 is 6.67. The highest BCUT2D eigenvalue weighted by Gasteiger charge is 2.40. The van der Waals surface area contributed by atoms with Gasteiger partial charge in [0, 0.05) is 5.56 Å². The van der Waals surface area contributed by atoms with Crippen molar-refractivity contribution in [3.05, 3.63) is 30.1 Å².